The van der Waals surface area contributed by atoms with Gasteiger partial charge in [0.2, 0.25) is 0 Å². The van der Waals surface area contributed by atoms with Gasteiger partial charge in [-0.05, 0) is 136 Å². The lowest BCUT2D eigenvalue weighted by Gasteiger charge is -2.18. The van der Waals surface area contributed by atoms with Crippen LogP contribution < -0.4 is 0 Å². The average molecular weight is 557 g/mol. The van der Waals surface area contributed by atoms with Crippen LogP contribution in [0.3, 0.4) is 0 Å². The summed E-state index contributed by atoms with van der Waals surface area (Å²) in [5.74, 6) is 0. The lowest BCUT2D eigenvalue weighted by atomic mass is 9.85. The molecule has 0 aliphatic heterocycles. The second kappa shape index (κ2) is 8.56. The Morgan fingerprint density at radius 1 is 0.318 bits per heavy atom. The fourth-order valence-corrected chi connectivity index (χ4v) is 8.17. The quantitative estimate of drug-likeness (QED) is 0.176. The van der Waals surface area contributed by atoms with Crippen LogP contribution >= 0.6 is 0 Å². The van der Waals surface area contributed by atoms with Crippen molar-refractivity contribution in [1.82, 2.24) is 0 Å². The van der Waals surface area contributed by atoms with Crippen molar-refractivity contribution in [3.63, 3.8) is 0 Å². The Morgan fingerprint density at radius 3 is 1.75 bits per heavy atom. The van der Waals surface area contributed by atoms with Crippen molar-refractivity contribution in [2.24, 2.45) is 0 Å². The third kappa shape index (κ3) is 3.07. The molecule has 9 aromatic carbocycles. The summed E-state index contributed by atoms with van der Waals surface area (Å²) >= 11 is 0. The van der Waals surface area contributed by atoms with Gasteiger partial charge in [-0.1, -0.05) is 121 Å². The summed E-state index contributed by atoms with van der Waals surface area (Å²) in [5.41, 5.74) is 10.7. The van der Waals surface area contributed by atoms with Crippen molar-refractivity contribution < 1.29 is 0 Å². The zero-order chi connectivity index (χ0) is 29.1. The van der Waals surface area contributed by atoms with Gasteiger partial charge in [0.1, 0.15) is 0 Å². The highest BCUT2D eigenvalue weighted by molar-refractivity contribution is 6.30. The molecule has 0 unspecified atom stereocenters. The maximum Gasteiger partial charge on any atom is -0.00172 e. The van der Waals surface area contributed by atoms with Gasteiger partial charge in [-0.25, -0.2) is 0 Å². The molecule has 0 aromatic heterocycles. The highest BCUT2D eigenvalue weighted by Gasteiger charge is 2.25. The third-order valence-electron chi connectivity index (χ3n) is 10.1. The van der Waals surface area contributed by atoms with Crippen LogP contribution in [0.1, 0.15) is 11.1 Å². The van der Waals surface area contributed by atoms with Crippen LogP contribution in [0.4, 0.5) is 0 Å². The fourth-order valence-electron chi connectivity index (χ4n) is 8.17. The van der Waals surface area contributed by atoms with Gasteiger partial charge < -0.3 is 0 Å². The smallest absolute Gasteiger partial charge is 0.00172 e. The molecular formula is C44H28. The van der Waals surface area contributed by atoms with E-state index in [0.29, 0.717) is 0 Å². The summed E-state index contributed by atoms with van der Waals surface area (Å²) in [5, 5.41) is 15.8. The van der Waals surface area contributed by atoms with Crippen molar-refractivity contribution in [3.8, 4) is 33.4 Å². The van der Waals surface area contributed by atoms with E-state index in [1.54, 1.807) is 0 Å². The molecule has 0 N–H and O–H groups in total. The van der Waals surface area contributed by atoms with Crippen molar-refractivity contribution in [3.05, 3.63) is 145 Å². The number of hydrogen-bond donors (Lipinski definition) is 0. The monoisotopic (exact) mass is 556 g/mol. The second-order valence-corrected chi connectivity index (χ2v) is 12.6. The van der Waals surface area contributed by atoms with Gasteiger partial charge in [-0.15, -0.1) is 0 Å². The number of benzene rings is 9. The zero-order valence-corrected chi connectivity index (χ0v) is 24.7. The van der Waals surface area contributed by atoms with Gasteiger partial charge in [0.15, 0.2) is 0 Å². The molecule has 0 heteroatoms. The maximum atomic E-state index is 2.50. The molecule has 204 valence electrons. The molecule has 0 atom stereocenters. The maximum absolute atomic E-state index is 2.50. The van der Waals surface area contributed by atoms with Crippen molar-refractivity contribution in [1.29, 1.82) is 0 Å². The number of rotatable bonds is 1. The minimum absolute atomic E-state index is 1.28. The highest BCUT2D eigenvalue weighted by Crippen LogP contribution is 2.52. The Balaban J connectivity index is 1.42. The molecule has 1 aliphatic rings. The molecule has 0 saturated heterocycles. The van der Waals surface area contributed by atoms with E-state index < -0.39 is 0 Å². The van der Waals surface area contributed by atoms with Gasteiger partial charge in [0.25, 0.3) is 0 Å². The molecule has 0 spiro atoms. The number of hydrogen-bond acceptors (Lipinski definition) is 0. The summed E-state index contributed by atoms with van der Waals surface area (Å²) in [6, 6.07) is 50.4. The minimum Gasteiger partial charge on any atom is -0.0616 e. The minimum atomic E-state index is 1.28. The third-order valence-corrected chi connectivity index (χ3v) is 10.1. The zero-order valence-electron chi connectivity index (χ0n) is 24.7. The number of fused-ring (bicyclic) bond motifs is 12. The first-order chi connectivity index (χ1) is 21.7. The van der Waals surface area contributed by atoms with E-state index in [0.717, 1.165) is 0 Å². The van der Waals surface area contributed by atoms with Crippen LogP contribution in [0.2, 0.25) is 0 Å². The van der Waals surface area contributed by atoms with Crippen molar-refractivity contribution >= 4 is 64.6 Å². The largest absolute Gasteiger partial charge is 0.0616 e. The van der Waals surface area contributed by atoms with E-state index in [1.807, 2.05) is 0 Å². The molecule has 44 heavy (non-hydrogen) atoms. The normalized spacial score (nSPS) is 12.3. The molecule has 0 radical (unpaired) electrons. The molecule has 1 aliphatic carbocycles. The topological polar surface area (TPSA) is 0 Å². The Bertz CT molecular complexity index is 2720. The predicted molar refractivity (Wildman–Crippen MR) is 191 cm³/mol. The fraction of sp³-hybridized carbons (Fsp3) is 0.0455. The molecule has 0 nitrogen and oxygen atoms in total. The second-order valence-electron chi connectivity index (χ2n) is 12.6. The van der Waals surface area contributed by atoms with Crippen LogP contribution in [-0.2, 0) is 0 Å². The van der Waals surface area contributed by atoms with Gasteiger partial charge >= 0.3 is 0 Å². The first-order valence-electron chi connectivity index (χ1n) is 15.5. The van der Waals surface area contributed by atoms with Crippen LogP contribution in [0.5, 0.6) is 0 Å². The molecule has 10 rings (SSSR count). The molecule has 0 bridgehead atoms. The first kappa shape index (κ1) is 24.0. The van der Waals surface area contributed by atoms with E-state index in [2.05, 4.69) is 147 Å². The van der Waals surface area contributed by atoms with E-state index in [1.165, 1.54) is 109 Å². The summed E-state index contributed by atoms with van der Waals surface area (Å²) in [6.07, 6.45) is 0. The molecule has 9 aromatic rings. The first-order valence-corrected chi connectivity index (χ1v) is 15.5. The van der Waals surface area contributed by atoms with Gasteiger partial charge in [0, 0.05) is 0 Å². The summed E-state index contributed by atoms with van der Waals surface area (Å²) in [7, 11) is 0. The Labute approximate surface area is 255 Å². The molecule has 0 saturated carbocycles. The van der Waals surface area contributed by atoms with Crippen LogP contribution in [0.15, 0.2) is 133 Å². The number of aryl methyl sites for hydroxylation is 2. The van der Waals surface area contributed by atoms with Gasteiger partial charge in [-0.3, -0.25) is 0 Å². The van der Waals surface area contributed by atoms with E-state index in [4.69, 9.17) is 0 Å². The lowest BCUT2D eigenvalue weighted by molar-refractivity contribution is 1.51. The van der Waals surface area contributed by atoms with Gasteiger partial charge in [0.05, 0.1) is 0 Å². The average Bonchev–Trinajstić information content (AvgIpc) is 3.40. The Morgan fingerprint density at radius 2 is 0.886 bits per heavy atom. The molecule has 0 fully saturated rings. The molecule has 0 heterocycles. The van der Waals surface area contributed by atoms with E-state index >= 15 is 0 Å². The molecular weight excluding hydrogens is 528 g/mol. The van der Waals surface area contributed by atoms with E-state index in [-0.39, 0.29) is 0 Å². The predicted octanol–water partition coefficient (Wildman–Crippen LogP) is 12.5. The van der Waals surface area contributed by atoms with E-state index in [9.17, 15) is 0 Å². The van der Waals surface area contributed by atoms with Crippen LogP contribution in [-0.4, -0.2) is 0 Å². The van der Waals surface area contributed by atoms with Crippen LogP contribution in [0, 0.1) is 13.8 Å². The Kier molecular flexibility index (Phi) is 4.67. The van der Waals surface area contributed by atoms with Crippen LogP contribution in [0.25, 0.3) is 98.0 Å². The van der Waals surface area contributed by atoms with Gasteiger partial charge in [-0.2, -0.15) is 0 Å². The van der Waals surface area contributed by atoms with Crippen molar-refractivity contribution in [2.45, 2.75) is 13.8 Å². The summed E-state index contributed by atoms with van der Waals surface area (Å²) in [6.45, 7) is 4.47. The molecule has 0 amide bonds. The SMILES string of the molecule is Cc1ccc2c(c1)c(-c1cc3c4ccccc4ccc3c3ccccc13)cc1c3ccc(C)c4c3c(cc21)-c1ccccc1-4. The summed E-state index contributed by atoms with van der Waals surface area (Å²) in [4.78, 5) is 0. The van der Waals surface area contributed by atoms with Crippen molar-refractivity contribution in [2.75, 3.05) is 0 Å². The lowest BCUT2D eigenvalue weighted by Crippen LogP contribution is -1.91. The Hall–Kier alpha value is -5.46. The summed E-state index contributed by atoms with van der Waals surface area (Å²) < 4.78 is 0. The standard InChI is InChI=1S/C44H28/c1-25-15-18-33-36(21-25)41(38-22-37-28-10-4-3-9-27(28)17-20-32(37)29-11-5-6-12-30(29)38)23-40-35-19-16-26(2)43-34-14-8-7-13-31(34)42(44(35)43)24-39(33)40/h3-24H,1-2H3. The highest BCUT2D eigenvalue weighted by atomic mass is 14.3.